The number of aromatic nitrogens is 4. The van der Waals surface area contributed by atoms with Crippen molar-refractivity contribution >= 4 is 46.4 Å². The SMILES string of the molecule is COc1ccc(CN=C(NCc2csc(N(C)C)n2)NCc2nnc(C)n2C)cc1.I. The molecule has 11 heteroatoms. The number of thiazole rings is 1. The van der Waals surface area contributed by atoms with Gasteiger partial charge in [-0.15, -0.1) is 45.5 Å². The Kier molecular flexibility index (Phi) is 9.49. The van der Waals surface area contributed by atoms with Gasteiger partial charge in [0.2, 0.25) is 0 Å². The van der Waals surface area contributed by atoms with Gasteiger partial charge in [-0.3, -0.25) is 0 Å². The van der Waals surface area contributed by atoms with Crippen LogP contribution < -0.4 is 20.3 Å². The number of hydrogen-bond acceptors (Lipinski definition) is 7. The number of halogens is 1. The minimum absolute atomic E-state index is 0. The van der Waals surface area contributed by atoms with Crippen LogP contribution in [0.25, 0.3) is 0 Å². The molecule has 0 aliphatic rings. The Labute approximate surface area is 204 Å². The van der Waals surface area contributed by atoms with Crippen LogP contribution in [-0.2, 0) is 26.7 Å². The molecule has 0 spiro atoms. The molecule has 0 unspecified atom stereocenters. The number of nitrogens with zero attached hydrogens (tertiary/aromatic N) is 6. The molecular formula is C20H29IN8OS. The fraction of sp³-hybridized carbons (Fsp3) is 0.400. The number of benzene rings is 1. The molecule has 0 fully saturated rings. The average molecular weight is 556 g/mol. The van der Waals surface area contributed by atoms with Crippen LogP contribution in [0.1, 0.15) is 22.9 Å². The minimum atomic E-state index is 0. The molecule has 0 radical (unpaired) electrons. The summed E-state index contributed by atoms with van der Waals surface area (Å²) in [5.41, 5.74) is 2.06. The molecule has 2 N–H and O–H groups in total. The Hall–Kier alpha value is -2.41. The van der Waals surface area contributed by atoms with Gasteiger partial charge in [0.25, 0.3) is 0 Å². The molecule has 0 aliphatic heterocycles. The van der Waals surface area contributed by atoms with Crippen LogP contribution in [0.5, 0.6) is 5.75 Å². The lowest BCUT2D eigenvalue weighted by molar-refractivity contribution is 0.414. The predicted molar refractivity (Wildman–Crippen MR) is 135 cm³/mol. The largest absolute Gasteiger partial charge is 0.497 e. The summed E-state index contributed by atoms with van der Waals surface area (Å²) in [6, 6.07) is 7.89. The van der Waals surface area contributed by atoms with E-state index in [0.717, 1.165) is 33.8 Å². The van der Waals surface area contributed by atoms with E-state index in [1.165, 1.54) is 0 Å². The number of nitrogens with one attached hydrogen (secondary N) is 2. The molecule has 1 aromatic carbocycles. The van der Waals surface area contributed by atoms with Gasteiger partial charge in [0.15, 0.2) is 16.9 Å². The van der Waals surface area contributed by atoms with E-state index in [0.29, 0.717) is 25.6 Å². The van der Waals surface area contributed by atoms with Crippen LogP contribution in [0, 0.1) is 6.92 Å². The van der Waals surface area contributed by atoms with Crippen LogP contribution in [0.15, 0.2) is 34.6 Å². The molecule has 168 valence electrons. The average Bonchev–Trinajstić information content (AvgIpc) is 3.35. The van der Waals surface area contributed by atoms with E-state index in [-0.39, 0.29) is 24.0 Å². The quantitative estimate of drug-likeness (QED) is 0.251. The van der Waals surface area contributed by atoms with Gasteiger partial charge >= 0.3 is 0 Å². The summed E-state index contributed by atoms with van der Waals surface area (Å²) in [6.07, 6.45) is 0. The van der Waals surface area contributed by atoms with Crippen molar-refractivity contribution in [1.82, 2.24) is 30.4 Å². The topological polar surface area (TPSA) is 92.5 Å². The lowest BCUT2D eigenvalue weighted by Gasteiger charge is -2.12. The van der Waals surface area contributed by atoms with Crippen LogP contribution in [0.3, 0.4) is 0 Å². The predicted octanol–water partition coefficient (Wildman–Crippen LogP) is 2.71. The van der Waals surface area contributed by atoms with Crippen molar-refractivity contribution in [3.05, 3.63) is 52.6 Å². The maximum atomic E-state index is 5.22. The highest BCUT2D eigenvalue weighted by Gasteiger charge is 2.08. The second-order valence-electron chi connectivity index (χ2n) is 6.96. The summed E-state index contributed by atoms with van der Waals surface area (Å²) in [5.74, 6) is 3.23. The zero-order valence-electron chi connectivity index (χ0n) is 18.4. The third-order valence-electron chi connectivity index (χ3n) is 4.53. The number of aryl methyl sites for hydroxylation is 1. The van der Waals surface area contributed by atoms with Gasteiger partial charge in [0, 0.05) is 26.5 Å². The third-order valence-corrected chi connectivity index (χ3v) is 5.59. The monoisotopic (exact) mass is 556 g/mol. The van der Waals surface area contributed by atoms with Gasteiger partial charge in [0.1, 0.15) is 11.6 Å². The summed E-state index contributed by atoms with van der Waals surface area (Å²) in [7, 11) is 7.59. The summed E-state index contributed by atoms with van der Waals surface area (Å²) in [6.45, 7) is 3.57. The van der Waals surface area contributed by atoms with Crippen LogP contribution >= 0.6 is 35.3 Å². The highest BCUT2D eigenvalue weighted by Crippen LogP contribution is 2.17. The molecule has 0 aliphatic carbocycles. The van der Waals surface area contributed by atoms with Gasteiger partial charge in [-0.1, -0.05) is 12.1 Å². The fourth-order valence-corrected chi connectivity index (χ4v) is 3.36. The molecular weight excluding hydrogens is 527 g/mol. The number of guanidine groups is 1. The minimum Gasteiger partial charge on any atom is -0.497 e. The Bertz CT molecular complexity index is 983. The van der Waals surface area contributed by atoms with Crippen molar-refractivity contribution in [2.45, 2.75) is 26.6 Å². The summed E-state index contributed by atoms with van der Waals surface area (Å²) >= 11 is 1.62. The Morgan fingerprint density at radius 2 is 1.87 bits per heavy atom. The van der Waals surface area contributed by atoms with E-state index in [1.54, 1.807) is 18.4 Å². The van der Waals surface area contributed by atoms with E-state index in [4.69, 9.17) is 9.73 Å². The molecule has 2 aromatic heterocycles. The number of hydrogen-bond donors (Lipinski definition) is 2. The van der Waals surface area contributed by atoms with Crippen LogP contribution in [0.4, 0.5) is 5.13 Å². The first-order chi connectivity index (χ1) is 14.5. The first-order valence-corrected chi connectivity index (χ1v) is 10.5. The molecule has 0 atom stereocenters. The van der Waals surface area contributed by atoms with Gasteiger partial charge < -0.3 is 24.8 Å². The van der Waals surface area contributed by atoms with Crippen LogP contribution in [0.2, 0.25) is 0 Å². The third kappa shape index (κ3) is 7.06. The van der Waals surface area contributed by atoms with E-state index in [9.17, 15) is 0 Å². The zero-order chi connectivity index (χ0) is 21.5. The second kappa shape index (κ2) is 11.8. The first kappa shape index (κ1) is 24.9. The number of ether oxygens (including phenoxy) is 1. The molecule has 0 saturated heterocycles. The number of rotatable bonds is 8. The second-order valence-corrected chi connectivity index (χ2v) is 7.79. The Balaban J connectivity index is 0.00000341. The molecule has 0 saturated carbocycles. The van der Waals surface area contributed by atoms with Gasteiger partial charge in [-0.25, -0.2) is 9.98 Å². The molecule has 31 heavy (non-hydrogen) atoms. The maximum absolute atomic E-state index is 5.22. The van der Waals surface area contributed by atoms with Crippen molar-refractivity contribution in [3.63, 3.8) is 0 Å². The number of anilines is 1. The molecule has 3 aromatic rings. The lowest BCUT2D eigenvalue weighted by atomic mass is 10.2. The smallest absolute Gasteiger partial charge is 0.192 e. The molecule has 0 bridgehead atoms. The standard InChI is InChI=1S/C20H28N8OS.HI/c1-14-25-26-18(28(14)4)12-23-19(21-10-15-6-8-17(29-5)9-7-15)22-11-16-13-30-20(24-16)27(2)3;/h6-9,13H,10-12H2,1-5H3,(H2,21,22,23);1H. The van der Waals surface area contributed by atoms with Crippen molar-refractivity contribution in [2.75, 3.05) is 26.1 Å². The van der Waals surface area contributed by atoms with Gasteiger partial charge in [-0.05, 0) is 24.6 Å². The fourth-order valence-electron chi connectivity index (χ4n) is 2.60. The first-order valence-electron chi connectivity index (χ1n) is 9.58. The van der Waals surface area contributed by atoms with Gasteiger partial charge in [-0.2, -0.15) is 0 Å². The van der Waals surface area contributed by atoms with E-state index in [1.807, 2.05) is 61.8 Å². The van der Waals surface area contributed by atoms with Crippen molar-refractivity contribution in [3.8, 4) is 5.75 Å². The van der Waals surface area contributed by atoms with Crippen molar-refractivity contribution in [2.24, 2.45) is 12.0 Å². The molecule has 2 heterocycles. The highest BCUT2D eigenvalue weighted by atomic mass is 127. The van der Waals surface area contributed by atoms with E-state index >= 15 is 0 Å². The Morgan fingerprint density at radius 3 is 2.45 bits per heavy atom. The maximum Gasteiger partial charge on any atom is 0.192 e. The molecule has 0 amide bonds. The van der Waals surface area contributed by atoms with E-state index < -0.39 is 0 Å². The van der Waals surface area contributed by atoms with Crippen molar-refractivity contribution in [1.29, 1.82) is 0 Å². The summed E-state index contributed by atoms with van der Waals surface area (Å²) in [4.78, 5) is 11.3. The number of aliphatic imine (C=N–C) groups is 1. The molecule has 3 rings (SSSR count). The van der Waals surface area contributed by atoms with Crippen LogP contribution in [-0.4, -0.2) is 46.9 Å². The lowest BCUT2D eigenvalue weighted by Crippen LogP contribution is -2.37. The van der Waals surface area contributed by atoms with Gasteiger partial charge in [0.05, 0.1) is 32.4 Å². The normalized spacial score (nSPS) is 11.1. The summed E-state index contributed by atoms with van der Waals surface area (Å²) < 4.78 is 7.17. The summed E-state index contributed by atoms with van der Waals surface area (Å²) in [5, 5.41) is 18.0. The highest BCUT2D eigenvalue weighted by molar-refractivity contribution is 14.0. The van der Waals surface area contributed by atoms with E-state index in [2.05, 4.69) is 31.2 Å². The number of methoxy groups -OCH3 is 1. The Morgan fingerprint density at radius 1 is 1.16 bits per heavy atom. The van der Waals surface area contributed by atoms with Crippen molar-refractivity contribution < 1.29 is 4.74 Å². The zero-order valence-corrected chi connectivity index (χ0v) is 21.6. The molecule has 9 nitrogen and oxygen atoms in total.